The molecule has 146 valence electrons. The first kappa shape index (κ1) is 19.3. The molecule has 2 saturated heterocycles. The van der Waals surface area contributed by atoms with Gasteiger partial charge in [-0.15, -0.1) is 0 Å². The lowest BCUT2D eigenvalue weighted by Crippen LogP contribution is -2.40. The van der Waals surface area contributed by atoms with Crippen LogP contribution >= 0.6 is 0 Å². The number of nitrogens with one attached hydrogen (secondary N) is 1. The number of pyridine rings is 1. The molecule has 2 fully saturated rings. The fourth-order valence-corrected chi connectivity index (χ4v) is 3.56. The summed E-state index contributed by atoms with van der Waals surface area (Å²) in [5.74, 6) is -0.184. The smallest absolute Gasteiger partial charge is 0.309 e. The van der Waals surface area contributed by atoms with Crippen molar-refractivity contribution in [1.29, 1.82) is 0 Å². The van der Waals surface area contributed by atoms with Crippen LogP contribution in [0.5, 0.6) is 0 Å². The van der Waals surface area contributed by atoms with Gasteiger partial charge in [-0.25, -0.2) is 4.98 Å². The lowest BCUT2D eigenvalue weighted by atomic mass is 9.91. The molecule has 2 amide bonds. The van der Waals surface area contributed by atoms with Crippen molar-refractivity contribution in [3.8, 4) is 0 Å². The van der Waals surface area contributed by atoms with Crippen LogP contribution in [0.15, 0.2) is 18.3 Å². The van der Waals surface area contributed by atoms with Gasteiger partial charge >= 0.3 is 5.97 Å². The molecule has 3 rings (SSSR count). The van der Waals surface area contributed by atoms with E-state index < -0.39 is 5.60 Å². The van der Waals surface area contributed by atoms with Gasteiger partial charge in [-0.05, 0) is 57.7 Å². The van der Waals surface area contributed by atoms with Crippen LogP contribution in [-0.4, -0.2) is 41.5 Å². The molecule has 0 aliphatic carbocycles. The third kappa shape index (κ3) is 4.84. The monoisotopic (exact) mass is 373 g/mol. The van der Waals surface area contributed by atoms with Crippen LogP contribution in [0.3, 0.4) is 0 Å². The molecule has 0 bridgehead atoms. The number of carbonyl (C=O) groups is 3. The van der Waals surface area contributed by atoms with Gasteiger partial charge in [-0.3, -0.25) is 19.7 Å². The van der Waals surface area contributed by atoms with Crippen molar-refractivity contribution in [2.75, 3.05) is 18.0 Å². The predicted molar refractivity (Wildman–Crippen MR) is 100 cm³/mol. The molecule has 1 atom stereocenters. The van der Waals surface area contributed by atoms with Gasteiger partial charge in [0.2, 0.25) is 11.8 Å². The number of hydrogen-bond donors (Lipinski definition) is 1. The van der Waals surface area contributed by atoms with E-state index in [0.29, 0.717) is 12.8 Å². The number of imide groups is 1. The first-order chi connectivity index (χ1) is 12.7. The van der Waals surface area contributed by atoms with Crippen molar-refractivity contribution < 1.29 is 19.1 Å². The second kappa shape index (κ2) is 7.66. The molecule has 0 unspecified atom stereocenters. The van der Waals surface area contributed by atoms with E-state index in [1.165, 1.54) is 0 Å². The van der Waals surface area contributed by atoms with Crippen molar-refractivity contribution in [3.05, 3.63) is 23.9 Å². The molecule has 2 aliphatic rings. The maximum absolute atomic E-state index is 12.3. The van der Waals surface area contributed by atoms with Gasteiger partial charge in [0.1, 0.15) is 11.4 Å². The van der Waals surface area contributed by atoms with E-state index in [0.717, 1.165) is 37.3 Å². The van der Waals surface area contributed by atoms with Gasteiger partial charge in [0.05, 0.1) is 11.8 Å². The van der Waals surface area contributed by atoms with Crippen molar-refractivity contribution in [2.45, 2.75) is 58.0 Å². The molecule has 2 aliphatic heterocycles. The van der Waals surface area contributed by atoms with Crippen LogP contribution in [-0.2, 0) is 19.1 Å². The Morgan fingerprint density at radius 3 is 2.56 bits per heavy atom. The quantitative estimate of drug-likeness (QED) is 0.645. The van der Waals surface area contributed by atoms with Crippen LogP contribution in [0.25, 0.3) is 0 Å². The van der Waals surface area contributed by atoms with E-state index in [-0.39, 0.29) is 29.6 Å². The summed E-state index contributed by atoms with van der Waals surface area (Å²) < 4.78 is 5.49. The zero-order valence-corrected chi connectivity index (χ0v) is 16.2. The highest BCUT2D eigenvalue weighted by molar-refractivity contribution is 6.00. The maximum Gasteiger partial charge on any atom is 0.309 e. The minimum Gasteiger partial charge on any atom is -0.460 e. The van der Waals surface area contributed by atoms with Crippen molar-refractivity contribution in [1.82, 2.24) is 10.3 Å². The van der Waals surface area contributed by atoms with Gasteiger partial charge in [-0.2, -0.15) is 0 Å². The van der Waals surface area contributed by atoms with Crippen molar-refractivity contribution in [3.63, 3.8) is 0 Å². The number of ether oxygens (including phenoxy) is 1. The second-order valence-electron chi connectivity index (χ2n) is 8.25. The number of rotatable bonds is 3. The Hall–Kier alpha value is -2.44. The zero-order valence-electron chi connectivity index (χ0n) is 16.2. The Bertz CT molecular complexity index is 733. The maximum atomic E-state index is 12.3. The molecule has 0 aromatic carbocycles. The topological polar surface area (TPSA) is 88.6 Å². The Kier molecular flexibility index (Phi) is 5.48. The summed E-state index contributed by atoms with van der Waals surface area (Å²) in [6, 6.07) is 3.75. The van der Waals surface area contributed by atoms with Crippen LogP contribution in [0.2, 0.25) is 0 Å². The van der Waals surface area contributed by atoms with Gasteiger partial charge < -0.3 is 9.64 Å². The first-order valence-electron chi connectivity index (χ1n) is 9.50. The third-order valence-corrected chi connectivity index (χ3v) is 4.97. The summed E-state index contributed by atoms with van der Waals surface area (Å²) in [6.45, 7) is 7.07. The number of anilines is 1. The fourth-order valence-electron chi connectivity index (χ4n) is 3.56. The molecule has 1 aromatic rings. The van der Waals surface area contributed by atoms with Crippen molar-refractivity contribution in [2.24, 2.45) is 5.92 Å². The number of esters is 1. The Balaban J connectivity index is 1.63. The summed E-state index contributed by atoms with van der Waals surface area (Å²) >= 11 is 0. The van der Waals surface area contributed by atoms with Crippen LogP contribution < -0.4 is 10.2 Å². The first-order valence-corrected chi connectivity index (χ1v) is 9.50. The van der Waals surface area contributed by atoms with E-state index in [9.17, 15) is 14.4 Å². The molecule has 27 heavy (non-hydrogen) atoms. The molecule has 3 heterocycles. The normalized spacial score (nSPS) is 21.7. The second-order valence-corrected chi connectivity index (χ2v) is 8.25. The summed E-state index contributed by atoms with van der Waals surface area (Å²) in [5.41, 5.74) is 0.408. The Labute approximate surface area is 159 Å². The highest BCUT2D eigenvalue weighted by atomic mass is 16.6. The standard InChI is InChI=1S/C20H27N3O4/c1-20(2,3)27-19(26)13-7-10-23(11-8-13)16-12-14(6-9-21-16)15-4-5-17(24)22-18(15)25/h6,9,12-13,15H,4-5,7-8,10-11H2,1-3H3,(H,22,24,25)/t15-/m1/s1. The Morgan fingerprint density at radius 1 is 1.22 bits per heavy atom. The van der Waals surface area contributed by atoms with E-state index >= 15 is 0 Å². The molecule has 0 spiro atoms. The van der Waals surface area contributed by atoms with Gasteiger partial charge in [-0.1, -0.05) is 0 Å². The summed E-state index contributed by atoms with van der Waals surface area (Å²) in [4.78, 5) is 42.3. The zero-order chi connectivity index (χ0) is 19.6. The number of amides is 2. The van der Waals surface area contributed by atoms with Gasteiger partial charge in [0.25, 0.3) is 0 Å². The lowest BCUT2D eigenvalue weighted by Gasteiger charge is -2.33. The van der Waals surface area contributed by atoms with Gasteiger partial charge in [0.15, 0.2) is 0 Å². The van der Waals surface area contributed by atoms with E-state index in [1.54, 1.807) is 6.20 Å². The highest BCUT2D eigenvalue weighted by Gasteiger charge is 2.31. The lowest BCUT2D eigenvalue weighted by molar-refractivity contribution is -0.160. The summed E-state index contributed by atoms with van der Waals surface area (Å²) in [7, 11) is 0. The molecule has 7 heteroatoms. The largest absolute Gasteiger partial charge is 0.460 e. The highest BCUT2D eigenvalue weighted by Crippen LogP contribution is 2.29. The minimum absolute atomic E-state index is 0.0845. The molecule has 7 nitrogen and oxygen atoms in total. The number of aromatic nitrogens is 1. The van der Waals surface area contributed by atoms with E-state index in [1.807, 2.05) is 32.9 Å². The molecular weight excluding hydrogens is 346 g/mol. The molecule has 0 radical (unpaired) electrons. The fraction of sp³-hybridized carbons (Fsp3) is 0.600. The van der Waals surface area contributed by atoms with Crippen LogP contribution in [0, 0.1) is 5.92 Å². The Morgan fingerprint density at radius 2 is 1.93 bits per heavy atom. The predicted octanol–water partition coefficient (Wildman–Crippen LogP) is 2.16. The SMILES string of the molecule is CC(C)(C)OC(=O)C1CCN(c2cc([C@H]3CCC(=O)NC3=O)ccn2)CC1. The van der Waals surface area contributed by atoms with Crippen LogP contribution in [0.4, 0.5) is 5.82 Å². The average Bonchev–Trinajstić information content (AvgIpc) is 2.60. The van der Waals surface area contributed by atoms with E-state index in [2.05, 4.69) is 15.2 Å². The average molecular weight is 373 g/mol. The van der Waals surface area contributed by atoms with Crippen LogP contribution in [0.1, 0.15) is 57.9 Å². The van der Waals surface area contributed by atoms with Crippen molar-refractivity contribution >= 4 is 23.6 Å². The molecule has 1 N–H and O–H groups in total. The molecular formula is C20H27N3O4. The van der Waals surface area contributed by atoms with Gasteiger partial charge in [0, 0.05) is 25.7 Å². The summed E-state index contributed by atoms with van der Waals surface area (Å²) in [6.07, 6.45) is 4.02. The molecule has 0 saturated carbocycles. The summed E-state index contributed by atoms with van der Waals surface area (Å²) in [5, 5.41) is 2.40. The number of carbonyl (C=O) groups excluding carboxylic acids is 3. The van der Waals surface area contributed by atoms with E-state index in [4.69, 9.17) is 4.74 Å². The number of nitrogens with zero attached hydrogens (tertiary/aromatic N) is 2. The minimum atomic E-state index is -0.466. The number of hydrogen-bond acceptors (Lipinski definition) is 6. The number of piperidine rings is 2. The molecule has 1 aromatic heterocycles. The third-order valence-electron chi connectivity index (χ3n) is 4.97.